The van der Waals surface area contributed by atoms with E-state index in [0.29, 0.717) is 67.2 Å². The molecular weight excluding hydrogens is 668 g/mol. The minimum absolute atomic E-state index is 0.0404. The molecule has 3 fully saturated rings. The molecule has 12 heteroatoms. The minimum atomic E-state index is -4.58. The van der Waals surface area contributed by atoms with E-state index in [9.17, 15) is 27.1 Å². The minimum Gasteiger partial charge on any atom is -0.388 e. The van der Waals surface area contributed by atoms with E-state index in [1.807, 2.05) is 26.2 Å². The molecule has 0 spiro atoms. The smallest absolute Gasteiger partial charge is 0.388 e. The van der Waals surface area contributed by atoms with Crippen LogP contribution in [-0.4, -0.2) is 52.2 Å². The first-order chi connectivity index (χ1) is 24.2. The highest BCUT2D eigenvalue weighted by molar-refractivity contribution is 5.52. The van der Waals surface area contributed by atoms with E-state index in [-0.39, 0.29) is 48.1 Å². The van der Waals surface area contributed by atoms with Gasteiger partial charge in [-0.05, 0) is 92.4 Å². The maximum Gasteiger partial charge on any atom is 0.416 e. The van der Waals surface area contributed by atoms with Gasteiger partial charge in [-0.15, -0.1) is 0 Å². The Bertz CT molecular complexity index is 1670. The van der Waals surface area contributed by atoms with Gasteiger partial charge >= 0.3 is 6.18 Å². The maximum absolute atomic E-state index is 17.3. The number of pyridine rings is 1. The van der Waals surface area contributed by atoms with Crippen LogP contribution in [0.25, 0.3) is 0 Å². The van der Waals surface area contributed by atoms with Crippen molar-refractivity contribution in [2.45, 2.75) is 121 Å². The zero-order valence-electron chi connectivity index (χ0n) is 29.3. The quantitative estimate of drug-likeness (QED) is 0.257. The van der Waals surface area contributed by atoms with Crippen molar-refractivity contribution in [1.29, 1.82) is 0 Å². The van der Waals surface area contributed by atoms with Gasteiger partial charge < -0.3 is 14.9 Å². The molecule has 2 atom stereocenters. The zero-order chi connectivity index (χ0) is 36.1. The topological polar surface area (TPSA) is 65.4 Å². The summed E-state index contributed by atoms with van der Waals surface area (Å²) in [5, 5.41) is 11.6. The summed E-state index contributed by atoms with van der Waals surface area (Å²) in [6, 6.07) is 4.06. The number of aliphatic hydroxyl groups excluding tert-OH is 1. The van der Waals surface area contributed by atoms with E-state index in [2.05, 4.69) is 19.8 Å². The fourth-order valence-electron chi connectivity index (χ4n) is 8.86. The number of hydrogen-bond acceptors (Lipinski definition) is 6. The first-order valence-electron chi connectivity index (χ1n) is 18.4. The molecule has 4 heterocycles. The lowest BCUT2D eigenvalue weighted by atomic mass is 9.68. The number of nitrogens with zero attached hydrogens (tertiary/aromatic N) is 5. The molecular formula is C39H47F6N5O. The lowest BCUT2D eigenvalue weighted by molar-refractivity contribution is -0.137. The fraction of sp³-hybridized carbons (Fsp3) is 0.615. The summed E-state index contributed by atoms with van der Waals surface area (Å²) < 4.78 is 86.6. The van der Waals surface area contributed by atoms with Crippen molar-refractivity contribution in [3.05, 3.63) is 75.9 Å². The van der Waals surface area contributed by atoms with Crippen LogP contribution < -0.4 is 9.80 Å². The number of hydrogen-bond donors (Lipinski definition) is 1. The number of fused-ring (bicyclic) bond motifs is 1. The Morgan fingerprint density at radius 1 is 0.824 bits per heavy atom. The standard InChI is InChI=1S/C39H47F6N5O/c1-37(2)20-29-32(30(51)21-37)31(24-10-14-38(41,42)15-11-24)33(34(40)25-6-8-27(9-7-25)39(43,44)45)35(48-29)26-12-18-50(19-13-26)36-46-22-28(23-47-36)49-16-4-3-5-17-49/h6-9,22-24,26,30,34,51H,3-5,10-21H2,1-2H3/t30-,34?/m0/s1. The zero-order valence-corrected chi connectivity index (χ0v) is 29.3. The molecule has 1 aromatic carbocycles. The number of aliphatic hydroxyl groups is 1. The van der Waals surface area contributed by atoms with Gasteiger partial charge in [0.25, 0.3) is 0 Å². The van der Waals surface area contributed by atoms with Crippen LogP contribution in [0.5, 0.6) is 0 Å². The third kappa shape index (κ3) is 7.57. The Morgan fingerprint density at radius 3 is 2.06 bits per heavy atom. The average Bonchev–Trinajstić information content (AvgIpc) is 3.10. The van der Waals surface area contributed by atoms with E-state index in [1.165, 1.54) is 6.42 Å². The van der Waals surface area contributed by atoms with Crippen LogP contribution in [0.3, 0.4) is 0 Å². The van der Waals surface area contributed by atoms with Crippen molar-refractivity contribution < 1.29 is 31.4 Å². The highest BCUT2D eigenvalue weighted by Gasteiger charge is 2.44. The van der Waals surface area contributed by atoms with Gasteiger partial charge in [-0.2, -0.15) is 13.2 Å². The number of rotatable bonds is 6. The molecule has 2 aromatic heterocycles. The first-order valence-corrected chi connectivity index (χ1v) is 18.4. The molecule has 1 N–H and O–H groups in total. The third-order valence-corrected chi connectivity index (χ3v) is 11.6. The van der Waals surface area contributed by atoms with E-state index in [0.717, 1.165) is 55.9 Å². The number of alkyl halides is 6. The van der Waals surface area contributed by atoms with Crippen molar-refractivity contribution in [1.82, 2.24) is 15.0 Å². The third-order valence-electron chi connectivity index (χ3n) is 11.6. The molecule has 7 rings (SSSR count). The predicted octanol–water partition coefficient (Wildman–Crippen LogP) is 9.62. The van der Waals surface area contributed by atoms with Gasteiger partial charge in [0.1, 0.15) is 0 Å². The number of benzene rings is 1. The maximum atomic E-state index is 17.3. The summed E-state index contributed by atoms with van der Waals surface area (Å²) in [5.74, 6) is -2.84. The van der Waals surface area contributed by atoms with Crippen molar-refractivity contribution in [3.63, 3.8) is 0 Å². The van der Waals surface area contributed by atoms with Crippen LogP contribution in [0.2, 0.25) is 0 Å². The molecule has 6 nitrogen and oxygen atoms in total. The Hall–Kier alpha value is -3.41. The molecule has 51 heavy (non-hydrogen) atoms. The number of halogens is 6. The Labute approximate surface area is 295 Å². The van der Waals surface area contributed by atoms with Crippen LogP contribution >= 0.6 is 0 Å². The van der Waals surface area contributed by atoms with Gasteiger partial charge in [0, 0.05) is 61.8 Å². The molecule has 0 bridgehead atoms. The summed E-state index contributed by atoms with van der Waals surface area (Å²) in [5.41, 5.74) is 2.38. The molecule has 2 aliphatic carbocycles. The summed E-state index contributed by atoms with van der Waals surface area (Å²) >= 11 is 0. The van der Waals surface area contributed by atoms with E-state index >= 15 is 4.39 Å². The van der Waals surface area contributed by atoms with Crippen molar-refractivity contribution in [2.24, 2.45) is 5.41 Å². The fourth-order valence-corrected chi connectivity index (χ4v) is 8.86. The summed E-state index contributed by atoms with van der Waals surface area (Å²) in [6.45, 7) is 7.25. The van der Waals surface area contributed by atoms with Crippen LogP contribution in [0.15, 0.2) is 36.7 Å². The molecule has 0 amide bonds. The van der Waals surface area contributed by atoms with Crippen molar-refractivity contribution in [2.75, 3.05) is 36.0 Å². The van der Waals surface area contributed by atoms with E-state index in [4.69, 9.17) is 4.98 Å². The van der Waals surface area contributed by atoms with Crippen molar-refractivity contribution >= 4 is 11.6 Å². The summed E-state index contributed by atoms with van der Waals surface area (Å²) in [6.07, 6.45) is 1.55. The first kappa shape index (κ1) is 36.0. The Morgan fingerprint density at radius 2 is 1.45 bits per heavy atom. The second-order valence-electron chi connectivity index (χ2n) is 15.9. The number of aromatic nitrogens is 3. The largest absolute Gasteiger partial charge is 0.416 e. The molecule has 1 saturated carbocycles. The molecule has 4 aliphatic rings. The lowest BCUT2D eigenvalue weighted by Gasteiger charge is -2.41. The van der Waals surface area contributed by atoms with Gasteiger partial charge in [-0.3, -0.25) is 4.98 Å². The van der Waals surface area contributed by atoms with Gasteiger partial charge in [0.15, 0.2) is 6.17 Å². The van der Waals surface area contributed by atoms with Gasteiger partial charge in [-0.1, -0.05) is 26.0 Å². The second kappa shape index (κ2) is 13.9. The molecule has 2 saturated heterocycles. The molecule has 3 aromatic rings. The SMILES string of the molecule is CC1(C)Cc2nc(C3CCN(c4ncc(N5CCCCC5)cn4)CC3)c(C(F)c3ccc(C(F)(F)F)cc3)c(C3CCC(F)(F)CC3)c2[C@@H](O)C1. The highest BCUT2D eigenvalue weighted by atomic mass is 19.4. The number of anilines is 2. The second-order valence-corrected chi connectivity index (χ2v) is 15.9. The summed E-state index contributed by atoms with van der Waals surface area (Å²) in [7, 11) is 0. The normalized spacial score (nSPS) is 23.6. The van der Waals surface area contributed by atoms with Crippen molar-refractivity contribution in [3.8, 4) is 0 Å². The summed E-state index contributed by atoms with van der Waals surface area (Å²) in [4.78, 5) is 18.9. The molecule has 1 unspecified atom stereocenters. The molecule has 2 aliphatic heterocycles. The van der Waals surface area contributed by atoms with E-state index < -0.39 is 35.9 Å². The monoisotopic (exact) mass is 715 g/mol. The number of piperidine rings is 2. The molecule has 0 radical (unpaired) electrons. The van der Waals surface area contributed by atoms with Crippen LogP contribution in [-0.2, 0) is 12.6 Å². The van der Waals surface area contributed by atoms with Gasteiger partial charge in [0.05, 0.1) is 35.4 Å². The Balaban J connectivity index is 1.26. The van der Waals surface area contributed by atoms with Gasteiger partial charge in [-0.25, -0.2) is 23.1 Å². The van der Waals surface area contributed by atoms with Crippen LogP contribution in [0, 0.1) is 5.41 Å². The lowest BCUT2D eigenvalue weighted by Crippen LogP contribution is -2.36. The van der Waals surface area contributed by atoms with Crippen LogP contribution in [0.1, 0.15) is 141 Å². The van der Waals surface area contributed by atoms with Gasteiger partial charge in [0.2, 0.25) is 11.9 Å². The van der Waals surface area contributed by atoms with Crippen LogP contribution in [0.4, 0.5) is 38.0 Å². The Kier molecular flexibility index (Phi) is 9.77. The highest BCUT2D eigenvalue weighted by Crippen LogP contribution is 2.52. The average molecular weight is 716 g/mol. The van der Waals surface area contributed by atoms with E-state index in [1.54, 1.807) is 0 Å². The molecule has 276 valence electrons. The predicted molar refractivity (Wildman–Crippen MR) is 184 cm³/mol.